The molecule has 0 spiro atoms. The third-order valence-electron chi connectivity index (χ3n) is 6.69. The molecule has 5 aromatic rings. The summed E-state index contributed by atoms with van der Waals surface area (Å²) in [6.07, 6.45) is -8.03. The number of halogens is 7. The summed E-state index contributed by atoms with van der Waals surface area (Å²) < 4.78 is 80.6. The summed E-state index contributed by atoms with van der Waals surface area (Å²) in [7, 11) is 0. The van der Waals surface area contributed by atoms with Crippen LogP contribution in [0.2, 0.25) is 5.02 Å². The van der Waals surface area contributed by atoms with Gasteiger partial charge in [-0.1, -0.05) is 66.2 Å². The Kier molecular flexibility index (Phi) is 9.01. The zero-order valence-corrected chi connectivity index (χ0v) is 24.1. The van der Waals surface area contributed by atoms with Crippen molar-refractivity contribution in [1.29, 1.82) is 0 Å². The summed E-state index contributed by atoms with van der Waals surface area (Å²) in [6, 6.07) is 22.2. The third-order valence-corrected chi connectivity index (χ3v) is 6.94. The molecule has 2 amide bonds. The van der Waals surface area contributed by atoms with Crippen LogP contribution in [0.25, 0.3) is 16.8 Å². The van der Waals surface area contributed by atoms with E-state index in [1.807, 2.05) is 0 Å². The number of aromatic amines is 1. The van der Waals surface area contributed by atoms with E-state index in [4.69, 9.17) is 11.6 Å². The van der Waals surface area contributed by atoms with Gasteiger partial charge in [0.25, 0.3) is 11.8 Å². The number of hydrogen-bond donors (Lipinski definition) is 3. The van der Waals surface area contributed by atoms with Crippen LogP contribution >= 0.6 is 11.6 Å². The molecule has 4 aromatic carbocycles. The Morgan fingerprint density at radius 1 is 0.674 bits per heavy atom. The van der Waals surface area contributed by atoms with Crippen LogP contribution in [0, 0.1) is 0 Å². The first kappa shape index (κ1) is 32.0. The van der Waals surface area contributed by atoms with E-state index < -0.39 is 40.9 Å². The van der Waals surface area contributed by atoms with Crippen LogP contribution in [0.4, 0.5) is 37.7 Å². The van der Waals surface area contributed by atoms with E-state index in [1.165, 1.54) is 18.3 Å². The van der Waals surface area contributed by atoms with Crippen LogP contribution in [-0.2, 0) is 21.9 Å². The Balaban J connectivity index is 1.71. The molecule has 0 radical (unpaired) electrons. The lowest BCUT2D eigenvalue weighted by Crippen LogP contribution is -2.27. The van der Waals surface area contributed by atoms with Gasteiger partial charge in [0.15, 0.2) is 0 Å². The van der Waals surface area contributed by atoms with Crippen molar-refractivity contribution in [2.45, 2.75) is 12.4 Å². The third kappa shape index (κ3) is 7.29. The van der Waals surface area contributed by atoms with Gasteiger partial charge in [-0.15, -0.1) is 0 Å². The van der Waals surface area contributed by atoms with Gasteiger partial charge in [0.2, 0.25) is 0 Å². The molecule has 13 heteroatoms. The molecule has 234 valence electrons. The molecule has 1 heterocycles. The maximum atomic E-state index is 14.0. The van der Waals surface area contributed by atoms with Gasteiger partial charge in [-0.05, 0) is 54.1 Å². The Morgan fingerprint density at radius 3 is 1.70 bits per heavy atom. The summed E-state index contributed by atoms with van der Waals surface area (Å²) in [6.45, 7) is 0. The zero-order chi connectivity index (χ0) is 33.1. The summed E-state index contributed by atoms with van der Waals surface area (Å²) in [5.41, 5.74) is -1.89. The number of alkyl halides is 6. The highest BCUT2D eigenvalue weighted by Gasteiger charge is 2.33. The number of nitrogens with zero attached hydrogens (tertiary/aromatic N) is 1. The van der Waals surface area contributed by atoms with Crippen LogP contribution in [0.5, 0.6) is 0 Å². The van der Waals surface area contributed by atoms with Crippen molar-refractivity contribution in [2.75, 3.05) is 10.6 Å². The SMILES string of the molecule is O=C(Nc1cccc(C(F)(F)F)c1)C(C(=O)Nc1cccc(C(F)(F)F)c1)=C(c1ccccc1)c1c[nH]nc1-c1ccc(Cl)cc1. The fourth-order valence-corrected chi connectivity index (χ4v) is 4.74. The monoisotopic (exact) mass is 654 g/mol. The number of aromatic nitrogens is 2. The van der Waals surface area contributed by atoms with E-state index in [2.05, 4.69) is 20.8 Å². The molecule has 5 rings (SSSR count). The van der Waals surface area contributed by atoms with Crippen LogP contribution < -0.4 is 10.6 Å². The molecule has 0 bridgehead atoms. The predicted octanol–water partition coefficient (Wildman–Crippen LogP) is 8.85. The number of rotatable bonds is 7. The Morgan fingerprint density at radius 2 is 1.20 bits per heavy atom. The number of nitrogens with one attached hydrogen (secondary N) is 3. The Hall–Kier alpha value is -5.36. The zero-order valence-electron chi connectivity index (χ0n) is 23.3. The first-order valence-electron chi connectivity index (χ1n) is 13.4. The van der Waals surface area contributed by atoms with E-state index in [-0.39, 0.29) is 28.2 Å². The van der Waals surface area contributed by atoms with Gasteiger partial charge in [0.05, 0.1) is 16.8 Å². The highest BCUT2D eigenvalue weighted by atomic mass is 35.5. The fourth-order valence-electron chi connectivity index (χ4n) is 4.61. The van der Waals surface area contributed by atoms with Crippen LogP contribution in [0.3, 0.4) is 0 Å². The van der Waals surface area contributed by atoms with E-state index in [0.717, 1.165) is 24.3 Å². The minimum Gasteiger partial charge on any atom is -0.322 e. The molecule has 0 fully saturated rings. The lowest BCUT2D eigenvalue weighted by molar-refractivity contribution is -0.138. The number of benzene rings is 4. The van der Waals surface area contributed by atoms with Gasteiger partial charge in [-0.2, -0.15) is 31.4 Å². The summed E-state index contributed by atoms with van der Waals surface area (Å²) >= 11 is 6.05. The van der Waals surface area contributed by atoms with Crippen molar-refractivity contribution in [3.63, 3.8) is 0 Å². The number of carbonyl (C=O) groups is 2. The van der Waals surface area contributed by atoms with Crippen LogP contribution in [-0.4, -0.2) is 22.0 Å². The molecule has 46 heavy (non-hydrogen) atoms. The smallest absolute Gasteiger partial charge is 0.322 e. The van der Waals surface area contributed by atoms with Gasteiger partial charge in [-0.25, -0.2) is 0 Å². The van der Waals surface area contributed by atoms with E-state index >= 15 is 0 Å². The molecule has 6 nitrogen and oxygen atoms in total. The second-order valence-corrected chi connectivity index (χ2v) is 10.3. The number of anilines is 2. The largest absolute Gasteiger partial charge is 0.416 e. The fraction of sp³-hybridized carbons (Fsp3) is 0.0606. The maximum Gasteiger partial charge on any atom is 0.416 e. The number of H-pyrrole nitrogens is 1. The molecular formula is C33H21ClF6N4O2. The van der Waals surface area contributed by atoms with E-state index in [1.54, 1.807) is 54.6 Å². The van der Waals surface area contributed by atoms with E-state index in [0.29, 0.717) is 28.3 Å². The van der Waals surface area contributed by atoms with E-state index in [9.17, 15) is 35.9 Å². The molecule has 0 saturated carbocycles. The number of amides is 2. The summed E-state index contributed by atoms with van der Waals surface area (Å²) in [5.74, 6) is -2.27. The number of hydrogen-bond acceptors (Lipinski definition) is 3. The first-order chi connectivity index (χ1) is 21.8. The number of carbonyl (C=O) groups excluding carboxylic acids is 2. The lowest BCUT2D eigenvalue weighted by Gasteiger charge is -2.18. The van der Waals surface area contributed by atoms with Crippen molar-refractivity contribution >= 4 is 40.4 Å². The molecule has 0 aliphatic rings. The van der Waals surface area contributed by atoms with Crippen molar-refractivity contribution in [3.05, 3.63) is 142 Å². The van der Waals surface area contributed by atoms with Gasteiger partial charge in [0.1, 0.15) is 5.57 Å². The molecule has 0 aliphatic carbocycles. The molecule has 0 atom stereocenters. The van der Waals surface area contributed by atoms with Gasteiger partial charge < -0.3 is 10.6 Å². The van der Waals surface area contributed by atoms with Crippen molar-refractivity contribution in [1.82, 2.24) is 10.2 Å². The molecular weight excluding hydrogens is 634 g/mol. The molecule has 3 N–H and O–H groups in total. The van der Waals surface area contributed by atoms with Crippen molar-refractivity contribution < 1.29 is 35.9 Å². The van der Waals surface area contributed by atoms with Crippen LogP contribution in [0.1, 0.15) is 22.3 Å². The average Bonchev–Trinajstić information content (AvgIpc) is 3.49. The second-order valence-electron chi connectivity index (χ2n) is 9.84. The van der Waals surface area contributed by atoms with Crippen molar-refractivity contribution in [3.8, 4) is 11.3 Å². The Labute approximate surface area is 262 Å². The first-order valence-corrected chi connectivity index (χ1v) is 13.8. The molecule has 0 aliphatic heterocycles. The minimum absolute atomic E-state index is 0.00625. The highest BCUT2D eigenvalue weighted by molar-refractivity contribution is 6.32. The second kappa shape index (κ2) is 12.9. The molecule has 1 aromatic heterocycles. The summed E-state index contributed by atoms with van der Waals surface area (Å²) in [4.78, 5) is 28.0. The Bertz CT molecular complexity index is 1840. The molecule has 0 saturated heterocycles. The standard InChI is InChI=1S/C33H21ClF6N4O2/c34-23-14-12-20(13-15-23)29-26(18-41-44-29)27(19-6-2-1-3-7-19)28(30(45)42-24-10-4-8-21(16-24)32(35,36)37)31(46)43-25-11-5-9-22(17-25)33(38,39)40/h1-18H,(H,41,44)(H,42,45)(H,43,46). The maximum absolute atomic E-state index is 14.0. The summed E-state index contributed by atoms with van der Waals surface area (Å²) in [5, 5.41) is 12.1. The normalized spacial score (nSPS) is 11.5. The predicted molar refractivity (Wildman–Crippen MR) is 162 cm³/mol. The minimum atomic E-state index is -4.72. The lowest BCUT2D eigenvalue weighted by atomic mass is 9.90. The van der Waals surface area contributed by atoms with Gasteiger partial charge in [-0.3, -0.25) is 14.7 Å². The quantitative estimate of drug-likeness (QED) is 0.0709. The molecule has 0 unspecified atom stereocenters. The highest BCUT2D eigenvalue weighted by Crippen LogP contribution is 2.36. The van der Waals surface area contributed by atoms with Crippen molar-refractivity contribution in [2.24, 2.45) is 0 Å². The van der Waals surface area contributed by atoms with Gasteiger partial charge in [0, 0.05) is 39.3 Å². The average molecular weight is 655 g/mol. The van der Waals surface area contributed by atoms with Crippen LogP contribution in [0.15, 0.2) is 115 Å². The van der Waals surface area contributed by atoms with Gasteiger partial charge >= 0.3 is 12.4 Å². The topological polar surface area (TPSA) is 86.9 Å².